The Balaban J connectivity index is 1.43. The second-order valence-corrected chi connectivity index (χ2v) is 8.27. The predicted molar refractivity (Wildman–Crippen MR) is 121 cm³/mol. The Morgan fingerprint density at radius 2 is 2.00 bits per heavy atom. The zero-order valence-corrected chi connectivity index (χ0v) is 17.4. The molecule has 0 bridgehead atoms. The second kappa shape index (κ2) is 7.52. The summed E-state index contributed by atoms with van der Waals surface area (Å²) in [5.41, 5.74) is 5.00. The molecule has 1 aliphatic rings. The van der Waals surface area contributed by atoms with E-state index in [1.165, 1.54) is 5.56 Å². The number of imidazole rings is 1. The van der Waals surface area contributed by atoms with Crippen LogP contribution in [0.5, 0.6) is 5.75 Å². The average Bonchev–Trinajstić information content (AvgIpc) is 3.41. The maximum Gasteiger partial charge on any atom is 0.180 e. The molecule has 0 spiro atoms. The van der Waals surface area contributed by atoms with Gasteiger partial charge in [-0.2, -0.15) is 0 Å². The van der Waals surface area contributed by atoms with Crippen LogP contribution in [0.15, 0.2) is 66.0 Å². The van der Waals surface area contributed by atoms with E-state index in [4.69, 9.17) is 9.72 Å². The number of aliphatic hydroxyl groups is 1. The number of benzene rings is 2. The Labute approximate surface area is 180 Å². The van der Waals surface area contributed by atoms with E-state index in [1.807, 2.05) is 47.3 Å². The summed E-state index contributed by atoms with van der Waals surface area (Å²) < 4.78 is 7.59. The maximum atomic E-state index is 9.82. The number of hydrogen-bond acceptors (Lipinski definition) is 6. The molecule has 0 saturated carbocycles. The van der Waals surface area contributed by atoms with Crippen LogP contribution >= 0.6 is 0 Å². The summed E-state index contributed by atoms with van der Waals surface area (Å²) in [6.07, 6.45) is 7.57. The van der Waals surface area contributed by atoms with Gasteiger partial charge in [0.1, 0.15) is 12.4 Å². The zero-order chi connectivity index (χ0) is 21.4. The van der Waals surface area contributed by atoms with Crippen molar-refractivity contribution in [3.05, 3.63) is 72.2 Å². The zero-order valence-electron chi connectivity index (χ0n) is 17.4. The number of aliphatic imine (C=N–C) groups is 1. The Kier molecular flexibility index (Phi) is 4.67. The summed E-state index contributed by atoms with van der Waals surface area (Å²) in [5.74, 6) is 1.37. The minimum atomic E-state index is -0.878. The minimum absolute atomic E-state index is 0.226. The lowest BCUT2D eigenvalue weighted by atomic mass is 10.0. The summed E-state index contributed by atoms with van der Waals surface area (Å²) in [7, 11) is 0. The minimum Gasteiger partial charge on any atom is -0.491 e. The van der Waals surface area contributed by atoms with E-state index < -0.39 is 5.60 Å². The van der Waals surface area contributed by atoms with Crippen LogP contribution in [0, 0.1) is 0 Å². The molecule has 0 aliphatic carbocycles. The number of ether oxygens (including phenoxy) is 1. The molecule has 4 aromatic rings. The Morgan fingerprint density at radius 1 is 1.16 bits per heavy atom. The molecule has 0 fully saturated rings. The summed E-state index contributed by atoms with van der Waals surface area (Å²) in [4.78, 5) is 13.6. The number of hydrogen-bond donors (Lipinski definition) is 2. The highest BCUT2D eigenvalue weighted by Gasteiger charge is 2.14. The average molecular weight is 413 g/mol. The summed E-state index contributed by atoms with van der Waals surface area (Å²) in [5, 5.41) is 13.2. The first-order chi connectivity index (χ1) is 14.9. The van der Waals surface area contributed by atoms with Gasteiger partial charge in [-0.05, 0) is 55.3 Å². The van der Waals surface area contributed by atoms with Crippen molar-refractivity contribution >= 4 is 23.4 Å². The quantitative estimate of drug-likeness (QED) is 0.494. The molecule has 0 saturated heterocycles. The first-order valence-corrected chi connectivity index (χ1v) is 10.1. The molecule has 156 valence electrons. The standard InChI is InChI=1S/C24H23N5O2/c1-24(2,30)15-31-20-7-5-19(6-8-20)27-22-23-26-9-10-29(23)14-21(28-22)16-3-4-17-12-25-13-18(17)11-16/h3-12,14,30H,13,15H2,1-2H3,(H,27,28). The summed E-state index contributed by atoms with van der Waals surface area (Å²) in [6, 6.07) is 13.9. The molecule has 7 nitrogen and oxygen atoms in total. The van der Waals surface area contributed by atoms with Gasteiger partial charge in [0.2, 0.25) is 0 Å². The van der Waals surface area contributed by atoms with Crippen molar-refractivity contribution in [1.82, 2.24) is 14.4 Å². The van der Waals surface area contributed by atoms with Crippen LogP contribution in [0.1, 0.15) is 25.0 Å². The van der Waals surface area contributed by atoms with E-state index in [-0.39, 0.29) is 6.61 Å². The number of nitrogens with one attached hydrogen (secondary N) is 1. The predicted octanol–water partition coefficient (Wildman–Crippen LogP) is 4.22. The van der Waals surface area contributed by atoms with Gasteiger partial charge in [0.25, 0.3) is 0 Å². The molecule has 0 radical (unpaired) electrons. The monoisotopic (exact) mass is 413 g/mol. The van der Waals surface area contributed by atoms with E-state index in [1.54, 1.807) is 20.0 Å². The molecule has 2 aromatic heterocycles. The topological polar surface area (TPSA) is 84.0 Å². The van der Waals surface area contributed by atoms with Crippen LogP contribution in [0.3, 0.4) is 0 Å². The first-order valence-electron chi connectivity index (χ1n) is 10.1. The first kappa shape index (κ1) is 19.3. The molecule has 0 atom stereocenters. The van der Waals surface area contributed by atoms with Gasteiger partial charge in [0.15, 0.2) is 11.5 Å². The molecule has 2 N–H and O–H groups in total. The number of nitrogens with zero attached hydrogens (tertiary/aromatic N) is 4. The summed E-state index contributed by atoms with van der Waals surface area (Å²) in [6.45, 7) is 4.37. The smallest absolute Gasteiger partial charge is 0.180 e. The molecule has 3 heterocycles. The normalized spacial score (nSPS) is 12.9. The number of fused-ring (bicyclic) bond motifs is 2. The lowest BCUT2D eigenvalue weighted by Gasteiger charge is -2.18. The Hall–Kier alpha value is -3.71. The largest absolute Gasteiger partial charge is 0.491 e. The number of rotatable bonds is 6. The molecule has 5 rings (SSSR count). The van der Waals surface area contributed by atoms with Crippen molar-refractivity contribution in [2.75, 3.05) is 11.9 Å². The van der Waals surface area contributed by atoms with Crippen molar-refractivity contribution in [3.63, 3.8) is 0 Å². The second-order valence-electron chi connectivity index (χ2n) is 8.27. The molecule has 0 unspecified atom stereocenters. The highest BCUT2D eigenvalue weighted by molar-refractivity contribution is 5.86. The van der Waals surface area contributed by atoms with E-state index in [2.05, 4.69) is 33.5 Å². The van der Waals surface area contributed by atoms with Crippen LogP contribution in [0.4, 0.5) is 11.5 Å². The SMILES string of the molecule is CC(C)(O)COc1ccc(Nc2nc(-c3ccc4c(c3)CN=C4)cn3ccnc23)cc1. The molecule has 1 aliphatic heterocycles. The highest BCUT2D eigenvalue weighted by atomic mass is 16.5. The van der Waals surface area contributed by atoms with Crippen LogP contribution in [0.25, 0.3) is 16.9 Å². The van der Waals surface area contributed by atoms with Crippen molar-refractivity contribution < 1.29 is 9.84 Å². The molecule has 0 amide bonds. The van der Waals surface area contributed by atoms with E-state index in [9.17, 15) is 5.11 Å². The highest BCUT2D eigenvalue weighted by Crippen LogP contribution is 2.28. The number of anilines is 2. The fourth-order valence-corrected chi connectivity index (χ4v) is 3.46. The third-order valence-electron chi connectivity index (χ3n) is 5.01. The van der Waals surface area contributed by atoms with Gasteiger partial charge < -0.3 is 19.6 Å². The fourth-order valence-electron chi connectivity index (χ4n) is 3.46. The van der Waals surface area contributed by atoms with Crippen LogP contribution in [-0.4, -0.2) is 37.9 Å². The van der Waals surface area contributed by atoms with Crippen LogP contribution in [0.2, 0.25) is 0 Å². The third-order valence-corrected chi connectivity index (χ3v) is 5.01. The van der Waals surface area contributed by atoms with Crippen molar-refractivity contribution in [2.45, 2.75) is 26.0 Å². The molecule has 2 aromatic carbocycles. The van der Waals surface area contributed by atoms with E-state index >= 15 is 0 Å². The third kappa shape index (κ3) is 4.13. The Morgan fingerprint density at radius 3 is 2.81 bits per heavy atom. The lowest BCUT2D eigenvalue weighted by molar-refractivity contribution is 0.0285. The molecular formula is C24H23N5O2. The van der Waals surface area contributed by atoms with Crippen molar-refractivity contribution in [1.29, 1.82) is 0 Å². The molecular weight excluding hydrogens is 390 g/mol. The Bertz CT molecular complexity index is 1270. The summed E-state index contributed by atoms with van der Waals surface area (Å²) >= 11 is 0. The lowest BCUT2D eigenvalue weighted by Crippen LogP contribution is -2.27. The van der Waals surface area contributed by atoms with E-state index in [0.717, 1.165) is 28.2 Å². The van der Waals surface area contributed by atoms with Gasteiger partial charge in [-0.3, -0.25) is 4.99 Å². The number of aromatic nitrogens is 3. The van der Waals surface area contributed by atoms with Gasteiger partial charge in [-0.15, -0.1) is 0 Å². The van der Waals surface area contributed by atoms with Gasteiger partial charge >= 0.3 is 0 Å². The van der Waals surface area contributed by atoms with Crippen molar-refractivity contribution in [2.24, 2.45) is 4.99 Å². The van der Waals surface area contributed by atoms with Gasteiger partial charge in [-0.25, -0.2) is 9.97 Å². The van der Waals surface area contributed by atoms with Gasteiger partial charge in [0, 0.05) is 36.1 Å². The van der Waals surface area contributed by atoms with Crippen LogP contribution in [-0.2, 0) is 6.54 Å². The van der Waals surface area contributed by atoms with Gasteiger partial charge in [0.05, 0.1) is 17.8 Å². The molecule has 31 heavy (non-hydrogen) atoms. The van der Waals surface area contributed by atoms with E-state index in [0.29, 0.717) is 18.1 Å². The van der Waals surface area contributed by atoms with Crippen LogP contribution < -0.4 is 10.1 Å². The van der Waals surface area contributed by atoms with Crippen molar-refractivity contribution in [3.8, 4) is 17.0 Å². The maximum absolute atomic E-state index is 9.82. The molecule has 7 heteroatoms. The fraction of sp³-hybridized carbons (Fsp3) is 0.208. The van der Waals surface area contributed by atoms with Gasteiger partial charge in [-0.1, -0.05) is 12.1 Å².